The quantitative estimate of drug-likeness (QED) is 0.471. The molecule has 1 aliphatic rings. The third kappa shape index (κ3) is 4.46. The van der Waals surface area contributed by atoms with Gasteiger partial charge in [-0.3, -0.25) is 0 Å². The van der Waals surface area contributed by atoms with Gasteiger partial charge in [-0.1, -0.05) is 12.1 Å². The summed E-state index contributed by atoms with van der Waals surface area (Å²) < 4.78 is 11.7. The van der Waals surface area contributed by atoms with E-state index >= 15 is 0 Å². The molecule has 31 heavy (non-hydrogen) atoms. The van der Waals surface area contributed by atoms with Crippen molar-refractivity contribution >= 4 is 28.6 Å². The van der Waals surface area contributed by atoms with Gasteiger partial charge in [-0.15, -0.1) is 11.8 Å². The topological polar surface area (TPSA) is 71.5 Å². The molecule has 2 aromatic carbocycles. The Hall–Kier alpha value is -2.44. The number of hydrogen-bond acceptors (Lipinski definition) is 4. The van der Waals surface area contributed by atoms with E-state index in [9.17, 15) is 9.90 Å². The molecule has 0 aliphatic heterocycles. The van der Waals surface area contributed by atoms with Crippen molar-refractivity contribution in [3.8, 4) is 5.75 Å². The molecule has 0 saturated heterocycles. The average molecular weight is 440 g/mol. The number of H-pyrrole nitrogens is 1. The Morgan fingerprint density at radius 1 is 1.23 bits per heavy atom. The minimum Gasteiger partial charge on any atom is -0.496 e. The lowest BCUT2D eigenvalue weighted by Gasteiger charge is -2.36. The molecule has 0 bridgehead atoms. The van der Waals surface area contributed by atoms with Crippen LogP contribution in [-0.4, -0.2) is 41.1 Å². The van der Waals surface area contributed by atoms with Crippen LogP contribution in [0.4, 0.5) is 0 Å². The SMILES string of the molecule is CCO[C@@H]1CC[C@H](Sc2c(OC)cc(C)c3[nH]ccc23)[C@H](c2ccc(C(=O)O)cc2)C1. The number of rotatable bonds is 7. The number of methoxy groups -OCH3 is 1. The number of aromatic nitrogens is 1. The molecule has 1 heterocycles. The number of carboxylic acid groups (broad SMARTS) is 1. The predicted molar refractivity (Wildman–Crippen MR) is 125 cm³/mol. The second-order valence-corrected chi connectivity index (χ2v) is 9.32. The minimum absolute atomic E-state index is 0.234. The Morgan fingerprint density at radius 2 is 2.00 bits per heavy atom. The first-order valence-electron chi connectivity index (χ1n) is 10.8. The molecule has 164 valence electrons. The fourth-order valence-electron chi connectivity index (χ4n) is 4.63. The van der Waals surface area contributed by atoms with E-state index in [1.54, 1.807) is 19.2 Å². The van der Waals surface area contributed by atoms with E-state index in [1.807, 2.05) is 37.0 Å². The van der Waals surface area contributed by atoms with Crippen LogP contribution >= 0.6 is 11.8 Å². The van der Waals surface area contributed by atoms with Crippen LogP contribution in [0.2, 0.25) is 0 Å². The molecule has 0 radical (unpaired) electrons. The van der Waals surface area contributed by atoms with Gasteiger partial charge in [-0.05, 0) is 74.4 Å². The van der Waals surface area contributed by atoms with Gasteiger partial charge < -0.3 is 19.6 Å². The van der Waals surface area contributed by atoms with Gasteiger partial charge in [0.15, 0.2) is 0 Å². The van der Waals surface area contributed by atoms with Crippen molar-refractivity contribution in [1.82, 2.24) is 4.98 Å². The molecule has 3 atom stereocenters. The predicted octanol–water partition coefficient (Wildman–Crippen LogP) is 6.02. The van der Waals surface area contributed by atoms with Gasteiger partial charge in [0.1, 0.15) is 5.75 Å². The summed E-state index contributed by atoms with van der Waals surface area (Å²) in [6.07, 6.45) is 5.21. The molecule has 1 aliphatic carbocycles. The molecule has 6 heteroatoms. The number of carbonyl (C=O) groups is 1. The zero-order chi connectivity index (χ0) is 22.0. The highest BCUT2D eigenvalue weighted by Gasteiger charge is 2.34. The van der Waals surface area contributed by atoms with Gasteiger partial charge >= 0.3 is 5.97 Å². The number of aryl methyl sites for hydroxylation is 1. The summed E-state index contributed by atoms with van der Waals surface area (Å²) >= 11 is 1.88. The van der Waals surface area contributed by atoms with Crippen LogP contribution in [0.15, 0.2) is 47.5 Å². The monoisotopic (exact) mass is 439 g/mol. The standard InChI is InChI=1S/C25H29NO4S/c1-4-30-18-9-10-22(20(14-18)16-5-7-17(8-6-16)25(27)28)31-24-19-11-12-26-23(19)15(2)13-21(24)29-3/h5-8,11-13,18,20,22,26H,4,9-10,14H2,1-3H3,(H,27,28)/t18-,20+,22+/m1/s1. The van der Waals surface area contributed by atoms with Crippen molar-refractivity contribution in [3.63, 3.8) is 0 Å². The molecule has 5 nitrogen and oxygen atoms in total. The maximum Gasteiger partial charge on any atom is 0.335 e. The zero-order valence-corrected chi connectivity index (χ0v) is 19.0. The highest BCUT2D eigenvalue weighted by Crippen LogP contribution is 2.48. The number of carboxylic acids is 1. The van der Waals surface area contributed by atoms with Gasteiger partial charge in [-0.2, -0.15) is 0 Å². The highest BCUT2D eigenvalue weighted by atomic mass is 32.2. The Kier molecular flexibility index (Phi) is 6.58. The van der Waals surface area contributed by atoms with Crippen LogP contribution in [0.5, 0.6) is 5.75 Å². The number of fused-ring (bicyclic) bond motifs is 1. The fraction of sp³-hybridized carbons (Fsp3) is 0.400. The molecule has 1 aromatic heterocycles. The number of thioether (sulfide) groups is 1. The van der Waals surface area contributed by atoms with Gasteiger partial charge in [0.05, 0.1) is 23.7 Å². The average Bonchev–Trinajstić information content (AvgIpc) is 3.27. The first-order valence-corrected chi connectivity index (χ1v) is 11.7. The molecular weight excluding hydrogens is 410 g/mol. The van der Waals surface area contributed by atoms with Crippen molar-refractivity contribution in [2.75, 3.05) is 13.7 Å². The lowest BCUT2D eigenvalue weighted by molar-refractivity contribution is 0.0321. The van der Waals surface area contributed by atoms with E-state index in [0.29, 0.717) is 17.4 Å². The van der Waals surface area contributed by atoms with Crippen LogP contribution in [-0.2, 0) is 4.74 Å². The number of ether oxygens (including phenoxy) is 2. The van der Waals surface area contributed by atoms with Gasteiger partial charge in [0.25, 0.3) is 0 Å². The summed E-state index contributed by atoms with van der Waals surface area (Å²) in [5.74, 6) is 0.284. The molecule has 0 unspecified atom stereocenters. The normalized spacial score (nSPS) is 21.3. The van der Waals surface area contributed by atoms with Crippen LogP contribution in [0.25, 0.3) is 10.9 Å². The summed E-state index contributed by atoms with van der Waals surface area (Å²) in [4.78, 5) is 15.8. The Balaban J connectivity index is 1.69. The summed E-state index contributed by atoms with van der Waals surface area (Å²) in [5.41, 5.74) is 3.80. The van der Waals surface area contributed by atoms with Crippen molar-refractivity contribution < 1.29 is 19.4 Å². The first-order chi connectivity index (χ1) is 15.0. The van der Waals surface area contributed by atoms with E-state index in [-0.39, 0.29) is 12.0 Å². The second-order valence-electron chi connectivity index (χ2n) is 8.07. The van der Waals surface area contributed by atoms with E-state index in [4.69, 9.17) is 9.47 Å². The molecule has 0 amide bonds. The van der Waals surface area contributed by atoms with Gasteiger partial charge in [0, 0.05) is 29.0 Å². The van der Waals surface area contributed by atoms with E-state index in [1.165, 1.54) is 16.5 Å². The van der Waals surface area contributed by atoms with Crippen molar-refractivity contribution in [2.24, 2.45) is 0 Å². The lowest BCUT2D eigenvalue weighted by atomic mass is 9.81. The van der Waals surface area contributed by atoms with Crippen molar-refractivity contribution in [3.05, 3.63) is 59.3 Å². The number of nitrogens with one attached hydrogen (secondary N) is 1. The molecule has 2 N–H and O–H groups in total. The smallest absolute Gasteiger partial charge is 0.335 e. The largest absolute Gasteiger partial charge is 0.496 e. The summed E-state index contributed by atoms with van der Waals surface area (Å²) in [6.45, 7) is 4.84. The van der Waals surface area contributed by atoms with Crippen LogP contribution in [0, 0.1) is 6.92 Å². The molecule has 0 spiro atoms. The third-order valence-electron chi connectivity index (χ3n) is 6.17. The molecule has 3 aromatic rings. The summed E-state index contributed by atoms with van der Waals surface area (Å²) in [6, 6.07) is 11.6. The van der Waals surface area contributed by atoms with Crippen LogP contribution < -0.4 is 4.74 Å². The molecular formula is C25H29NO4S. The lowest BCUT2D eigenvalue weighted by Crippen LogP contribution is -2.30. The van der Waals surface area contributed by atoms with E-state index < -0.39 is 5.97 Å². The highest BCUT2D eigenvalue weighted by molar-refractivity contribution is 8.00. The zero-order valence-electron chi connectivity index (χ0n) is 18.2. The van der Waals surface area contributed by atoms with Crippen LogP contribution in [0.3, 0.4) is 0 Å². The van der Waals surface area contributed by atoms with E-state index in [0.717, 1.165) is 35.4 Å². The molecule has 1 saturated carbocycles. The molecule has 1 fully saturated rings. The summed E-state index contributed by atoms with van der Waals surface area (Å²) in [5, 5.41) is 10.8. The van der Waals surface area contributed by atoms with Crippen molar-refractivity contribution in [2.45, 2.75) is 55.3 Å². The third-order valence-corrected chi connectivity index (χ3v) is 7.70. The maximum atomic E-state index is 11.3. The van der Waals surface area contributed by atoms with Crippen molar-refractivity contribution in [1.29, 1.82) is 0 Å². The van der Waals surface area contributed by atoms with Gasteiger partial charge in [-0.25, -0.2) is 4.79 Å². The van der Waals surface area contributed by atoms with Crippen LogP contribution in [0.1, 0.15) is 53.6 Å². The number of aromatic amines is 1. The second kappa shape index (κ2) is 9.37. The minimum atomic E-state index is -0.896. The Bertz CT molecular complexity index is 1060. The number of benzene rings is 2. The number of hydrogen-bond donors (Lipinski definition) is 2. The maximum absolute atomic E-state index is 11.3. The Morgan fingerprint density at radius 3 is 2.68 bits per heavy atom. The van der Waals surface area contributed by atoms with E-state index in [2.05, 4.69) is 24.0 Å². The fourth-order valence-corrected chi connectivity index (χ4v) is 6.18. The summed E-state index contributed by atoms with van der Waals surface area (Å²) in [7, 11) is 1.73. The first kappa shape index (κ1) is 21.8. The van der Waals surface area contributed by atoms with Gasteiger partial charge in [0.2, 0.25) is 0 Å². The molecule has 4 rings (SSSR count). The Labute approximate surface area is 187 Å². The number of aromatic carboxylic acids is 1.